The van der Waals surface area contributed by atoms with E-state index < -0.39 is 0 Å². The summed E-state index contributed by atoms with van der Waals surface area (Å²) in [6.45, 7) is 8.18. The lowest BCUT2D eigenvalue weighted by atomic mass is 10.1. The van der Waals surface area contributed by atoms with Crippen molar-refractivity contribution in [3.05, 3.63) is 29.8 Å². The number of benzene rings is 1. The van der Waals surface area contributed by atoms with E-state index in [0.717, 1.165) is 25.3 Å². The zero-order chi connectivity index (χ0) is 11.8. The highest BCUT2D eigenvalue weighted by Gasteiger charge is 2.02. The number of hydrogen-bond acceptors (Lipinski definition) is 2. The van der Waals surface area contributed by atoms with Crippen LogP contribution in [0.3, 0.4) is 0 Å². The van der Waals surface area contributed by atoms with Crippen molar-refractivity contribution in [3.63, 3.8) is 0 Å². The molecule has 0 fully saturated rings. The summed E-state index contributed by atoms with van der Waals surface area (Å²) >= 11 is 0. The van der Waals surface area contributed by atoms with E-state index in [1.165, 1.54) is 12.0 Å². The lowest BCUT2D eigenvalue weighted by molar-refractivity contribution is 0.336. The van der Waals surface area contributed by atoms with E-state index in [9.17, 15) is 0 Å². The molecule has 0 heterocycles. The Morgan fingerprint density at radius 2 is 2.00 bits per heavy atom. The molecule has 0 aromatic heterocycles. The molecular weight excluding hydrogens is 198 g/mol. The second-order valence-corrected chi connectivity index (χ2v) is 4.05. The first-order valence-corrected chi connectivity index (χ1v) is 6.22. The van der Waals surface area contributed by atoms with E-state index in [-0.39, 0.29) is 0 Å². The van der Waals surface area contributed by atoms with E-state index in [1.54, 1.807) is 0 Å². The first-order chi connectivity index (χ1) is 7.77. The average molecular weight is 221 g/mol. The van der Waals surface area contributed by atoms with Gasteiger partial charge in [-0.1, -0.05) is 25.1 Å². The lowest BCUT2D eigenvalue weighted by Crippen LogP contribution is -2.27. The van der Waals surface area contributed by atoms with Crippen LogP contribution < -0.4 is 10.1 Å². The van der Waals surface area contributed by atoms with Gasteiger partial charge in [-0.15, -0.1) is 0 Å². The molecule has 1 unspecified atom stereocenters. The molecule has 0 spiro atoms. The maximum atomic E-state index is 5.59. The van der Waals surface area contributed by atoms with Gasteiger partial charge < -0.3 is 10.1 Å². The van der Waals surface area contributed by atoms with Crippen molar-refractivity contribution >= 4 is 0 Å². The van der Waals surface area contributed by atoms with Gasteiger partial charge in [-0.2, -0.15) is 0 Å². The maximum absolute atomic E-state index is 5.59. The average Bonchev–Trinajstić information content (AvgIpc) is 2.31. The SMILES string of the molecule is CCOc1ccccc1CCNC(C)CC. The Bertz CT molecular complexity index is 299. The highest BCUT2D eigenvalue weighted by Crippen LogP contribution is 2.17. The summed E-state index contributed by atoms with van der Waals surface area (Å²) in [5, 5.41) is 3.49. The molecule has 0 bridgehead atoms. The van der Waals surface area contributed by atoms with Crippen LogP contribution in [0.4, 0.5) is 0 Å². The Labute approximate surface area is 99.0 Å². The van der Waals surface area contributed by atoms with Gasteiger partial charge in [-0.3, -0.25) is 0 Å². The zero-order valence-electron chi connectivity index (χ0n) is 10.6. The smallest absolute Gasteiger partial charge is 0.122 e. The van der Waals surface area contributed by atoms with Gasteiger partial charge in [0, 0.05) is 6.04 Å². The third kappa shape index (κ3) is 4.23. The monoisotopic (exact) mass is 221 g/mol. The van der Waals surface area contributed by atoms with Crippen molar-refractivity contribution in [1.82, 2.24) is 5.32 Å². The summed E-state index contributed by atoms with van der Waals surface area (Å²) in [5.74, 6) is 1.02. The molecule has 0 aliphatic rings. The lowest BCUT2D eigenvalue weighted by Gasteiger charge is -2.13. The fraction of sp³-hybridized carbons (Fsp3) is 0.571. The van der Waals surface area contributed by atoms with Crippen molar-refractivity contribution in [1.29, 1.82) is 0 Å². The molecule has 16 heavy (non-hydrogen) atoms. The van der Waals surface area contributed by atoms with Gasteiger partial charge in [-0.05, 0) is 44.9 Å². The van der Waals surface area contributed by atoms with Crippen molar-refractivity contribution in [2.75, 3.05) is 13.2 Å². The van der Waals surface area contributed by atoms with E-state index in [4.69, 9.17) is 4.74 Å². The minimum absolute atomic E-state index is 0.597. The third-order valence-corrected chi connectivity index (χ3v) is 2.77. The highest BCUT2D eigenvalue weighted by molar-refractivity contribution is 5.33. The van der Waals surface area contributed by atoms with Crippen LogP contribution in [0.5, 0.6) is 5.75 Å². The molecule has 2 heteroatoms. The molecule has 1 N–H and O–H groups in total. The summed E-state index contributed by atoms with van der Waals surface area (Å²) in [5.41, 5.74) is 1.29. The van der Waals surface area contributed by atoms with Gasteiger partial charge >= 0.3 is 0 Å². The van der Waals surface area contributed by atoms with Crippen molar-refractivity contribution in [2.45, 2.75) is 39.7 Å². The molecule has 0 aliphatic heterocycles. The van der Waals surface area contributed by atoms with E-state index in [2.05, 4.69) is 31.3 Å². The van der Waals surface area contributed by atoms with Crippen LogP contribution in [0.1, 0.15) is 32.8 Å². The highest BCUT2D eigenvalue weighted by atomic mass is 16.5. The van der Waals surface area contributed by atoms with Crippen LogP contribution in [0.15, 0.2) is 24.3 Å². The number of hydrogen-bond donors (Lipinski definition) is 1. The van der Waals surface area contributed by atoms with Crippen LogP contribution in [0.2, 0.25) is 0 Å². The van der Waals surface area contributed by atoms with Gasteiger partial charge in [0.2, 0.25) is 0 Å². The molecule has 0 radical (unpaired) electrons. The molecule has 0 saturated heterocycles. The van der Waals surface area contributed by atoms with Crippen LogP contribution >= 0.6 is 0 Å². The molecular formula is C14H23NO. The fourth-order valence-electron chi connectivity index (χ4n) is 1.60. The van der Waals surface area contributed by atoms with Crippen molar-refractivity contribution < 1.29 is 4.74 Å². The number of ether oxygens (including phenoxy) is 1. The fourth-order valence-corrected chi connectivity index (χ4v) is 1.60. The first kappa shape index (κ1) is 13.0. The zero-order valence-corrected chi connectivity index (χ0v) is 10.6. The van der Waals surface area contributed by atoms with Gasteiger partial charge in [-0.25, -0.2) is 0 Å². The predicted molar refractivity (Wildman–Crippen MR) is 69.1 cm³/mol. The molecule has 1 aromatic carbocycles. The van der Waals surface area contributed by atoms with Crippen LogP contribution in [0.25, 0.3) is 0 Å². The Morgan fingerprint density at radius 3 is 2.69 bits per heavy atom. The van der Waals surface area contributed by atoms with Gasteiger partial charge in [0.05, 0.1) is 6.61 Å². The van der Waals surface area contributed by atoms with Gasteiger partial charge in [0.25, 0.3) is 0 Å². The summed E-state index contributed by atoms with van der Waals surface area (Å²) in [6, 6.07) is 8.88. The molecule has 1 aromatic rings. The molecule has 1 atom stereocenters. The minimum atomic E-state index is 0.597. The number of nitrogens with one attached hydrogen (secondary N) is 1. The molecule has 0 aliphatic carbocycles. The summed E-state index contributed by atoms with van der Waals surface area (Å²) in [7, 11) is 0. The minimum Gasteiger partial charge on any atom is -0.494 e. The quantitative estimate of drug-likeness (QED) is 0.764. The van der Waals surface area contributed by atoms with Crippen molar-refractivity contribution in [2.24, 2.45) is 0 Å². The van der Waals surface area contributed by atoms with Crippen molar-refractivity contribution in [3.8, 4) is 5.75 Å². The topological polar surface area (TPSA) is 21.3 Å². The van der Waals surface area contributed by atoms with E-state index in [0.29, 0.717) is 6.04 Å². The Kier molecular flexibility index (Phi) is 5.94. The van der Waals surface area contributed by atoms with E-state index >= 15 is 0 Å². The van der Waals surface area contributed by atoms with Crippen LogP contribution in [-0.2, 0) is 6.42 Å². The second-order valence-electron chi connectivity index (χ2n) is 4.05. The second kappa shape index (κ2) is 7.29. The summed E-state index contributed by atoms with van der Waals surface area (Å²) in [6.07, 6.45) is 2.20. The Hall–Kier alpha value is -1.02. The van der Waals surface area contributed by atoms with Crippen LogP contribution in [-0.4, -0.2) is 19.2 Å². The molecule has 2 nitrogen and oxygen atoms in total. The van der Waals surface area contributed by atoms with Gasteiger partial charge in [0.15, 0.2) is 0 Å². The normalized spacial score (nSPS) is 12.4. The summed E-state index contributed by atoms with van der Waals surface area (Å²) < 4.78 is 5.59. The molecule has 1 rings (SSSR count). The number of rotatable bonds is 7. The van der Waals surface area contributed by atoms with E-state index in [1.807, 2.05) is 19.1 Å². The first-order valence-electron chi connectivity index (χ1n) is 6.22. The van der Waals surface area contributed by atoms with Crippen LogP contribution in [0, 0.1) is 0 Å². The predicted octanol–water partition coefficient (Wildman–Crippen LogP) is 3.02. The Morgan fingerprint density at radius 1 is 1.25 bits per heavy atom. The summed E-state index contributed by atoms with van der Waals surface area (Å²) in [4.78, 5) is 0. The van der Waals surface area contributed by atoms with Gasteiger partial charge in [0.1, 0.15) is 5.75 Å². The number of para-hydroxylation sites is 1. The molecule has 0 amide bonds. The Balaban J connectivity index is 2.46. The molecule has 0 saturated carbocycles. The maximum Gasteiger partial charge on any atom is 0.122 e. The molecule has 90 valence electrons. The standard InChI is InChI=1S/C14H23NO/c1-4-12(3)15-11-10-13-8-6-7-9-14(13)16-5-2/h6-9,12,15H,4-5,10-11H2,1-3H3. The third-order valence-electron chi connectivity index (χ3n) is 2.77. The largest absolute Gasteiger partial charge is 0.494 e.